The van der Waals surface area contributed by atoms with Crippen LogP contribution in [0.4, 0.5) is 0 Å². The maximum absolute atomic E-state index is 12.3. The van der Waals surface area contributed by atoms with Crippen LogP contribution in [0.1, 0.15) is 18.5 Å². The second kappa shape index (κ2) is 11.2. The van der Waals surface area contributed by atoms with E-state index in [4.69, 9.17) is 4.74 Å². The number of amides is 1. The van der Waals surface area contributed by atoms with Gasteiger partial charge < -0.3 is 15.4 Å². The average molecular weight is 438 g/mol. The predicted octanol–water partition coefficient (Wildman–Crippen LogP) is 3.39. The van der Waals surface area contributed by atoms with Crippen molar-refractivity contribution in [3.05, 3.63) is 28.6 Å². The Bertz CT molecular complexity index is 653. The van der Waals surface area contributed by atoms with Crippen LogP contribution in [0.2, 0.25) is 0 Å². The highest BCUT2D eigenvalue weighted by atomic mass is 35.5. The standard InChI is InChI=1S/C17H23N3O2S2.2ClH/c1-22-12-17(4-6-18-7-5-17)11-19-15(21)9-13-10-24-16(20-13)14-3-2-8-23-14;;/h2-3,8,10,18H,4-7,9,11-12H2,1H3,(H,19,21);2*1H. The van der Waals surface area contributed by atoms with Crippen molar-refractivity contribution in [2.45, 2.75) is 19.3 Å². The summed E-state index contributed by atoms with van der Waals surface area (Å²) in [4.78, 5) is 18.0. The van der Waals surface area contributed by atoms with Gasteiger partial charge in [0.2, 0.25) is 5.91 Å². The molecule has 0 aromatic carbocycles. The summed E-state index contributed by atoms with van der Waals surface area (Å²) in [5.41, 5.74) is 0.895. The van der Waals surface area contributed by atoms with Gasteiger partial charge in [0.25, 0.3) is 0 Å². The number of nitrogens with one attached hydrogen (secondary N) is 2. The highest BCUT2D eigenvalue weighted by Gasteiger charge is 2.32. The molecule has 1 amide bonds. The van der Waals surface area contributed by atoms with Crippen molar-refractivity contribution in [1.82, 2.24) is 15.6 Å². The molecule has 1 aliphatic rings. The van der Waals surface area contributed by atoms with Crippen molar-refractivity contribution in [2.24, 2.45) is 5.41 Å². The van der Waals surface area contributed by atoms with Crippen molar-refractivity contribution >= 4 is 53.4 Å². The maximum atomic E-state index is 12.3. The van der Waals surface area contributed by atoms with E-state index in [1.807, 2.05) is 16.8 Å². The van der Waals surface area contributed by atoms with E-state index < -0.39 is 0 Å². The molecule has 146 valence electrons. The molecule has 9 heteroatoms. The minimum absolute atomic E-state index is 0. The molecular weight excluding hydrogens is 413 g/mol. The van der Waals surface area contributed by atoms with Crippen molar-refractivity contribution in [2.75, 3.05) is 33.4 Å². The zero-order valence-corrected chi connectivity index (χ0v) is 17.9. The van der Waals surface area contributed by atoms with Crippen molar-refractivity contribution in [3.63, 3.8) is 0 Å². The van der Waals surface area contributed by atoms with E-state index in [1.165, 1.54) is 0 Å². The summed E-state index contributed by atoms with van der Waals surface area (Å²) >= 11 is 3.26. The van der Waals surface area contributed by atoms with E-state index in [0.717, 1.165) is 41.5 Å². The largest absolute Gasteiger partial charge is 0.384 e. The molecule has 2 aromatic rings. The van der Waals surface area contributed by atoms with Gasteiger partial charge in [-0.3, -0.25) is 4.79 Å². The number of thiazole rings is 1. The number of carbonyl (C=O) groups excluding carboxylic acids is 1. The highest BCUT2D eigenvalue weighted by Crippen LogP contribution is 2.29. The topological polar surface area (TPSA) is 63.2 Å². The third-order valence-electron chi connectivity index (χ3n) is 4.40. The van der Waals surface area contributed by atoms with Crippen LogP contribution in [0, 0.1) is 5.41 Å². The van der Waals surface area contributed by atoms with Gasteiger partial charge in [0.05, 0.1) is 23.6 Å². The third kappa shape index (κ3) is 6.18. The van der Waals surface area contributed by atoms with Crippen LogP contribution < -0.4 is 10.6 Å². The fraction of sp³-hybridized carbons (Fsp3) is 0.529. The quantitative estimate of drug-likeness (QED) is 0.696. The first-order valence-electron chi connectivity index (χ1n) is 8.15. The van der Waals surface area contributed by atoms with Gasteiger partial charge in [-0.25, -0.2) is 4.98 Å². The lowest BCUT2D eigenvalue weighted by atomic mass is 9.79. The second-order valence-corrected chi connectivity index (χ2v) is 8.06. The summed E-state index contributed by atoms with van der Waals surface area (Å²) in [5, 5.41) is 11.5. The monoisotopic (exact) mass is 437 g/mol. The van der Waals surface area contributed by atoms with E-state index in [9.17, 15) is 4.79 Å². The van der Waals surface area contributed by atoms with E-state index in [-0.39, 0.29) is 36.1 Å². The summed E-state index contributed by atoms with van der Waals surface area (Å²) in [6.45, 7) is 3.32. The molecule has 0 radical (unpaired) electrons. The maximum Gasteiger partial charge on any atom is 0.226 e. The van der Waals surface area contributed by atoms with Crippen LogP contribution in [-0.2, 0) is 16.0 Å². The van der Waals surface area contributed by atoms with Gasteiger partial charge in [-0.05, 0) is 37.4 Å². The molecule has 0 atom stereocenters. The molecule has 0 spiro atoms. The molecule has 2 N–H and O–H groups in total. The van der Waals surface area contributed by atoms with E-state index >= 15 is 0 Å². The molecule has 26 heavy (non-hydrogen) atoms. The molecule has 0 aliphatic carbocycles. The molecule has 1 fully saturated rings. The average Bonchev–Trinajstić information content (AvgIpc) is 3.25. The number of nitrogens with zero attached hydrogens (tertiary/aromatic N) is 1. The first-order chi connectivity index (χ1) is 11.7. The fourth-order valence-corrected chi connectivity index (χ4v) is 4.68. The lowest BCUT2D eigenvalue weighted by Gasteiger charge is -2.37. The summed E-state index contributed by atoms with van der Waals surface area (Å²) in [6, 6.07) is 4.07. The van der Waals surface area contributed by atoms with Crippen LogP contribution in [0.5, 0.6) is 0 Å². The molecule has 1 aliphatic heterocycles. The van der Waals surface area contributed by atoms with Crippen molar-refractivity contribution in [3.8, 4) is 9.88 Å². The number of piperidine rings is 1. The van der Waals surface area contributed by atoms with Gasteiger partial charge in [0.1, 0.15) is 5.01 Å². The first kappa shape index (κ1) is 23.3. The number of methoxy groups -OCH3 is 1. The molecule has 2 aromatic heterocycles. The SMILES string of the molecule is COCC1(CNC(=O)Cc2csc(-c3cccs3)n2)CCNCC1.Cl.Cl. The minimum atomic E-state index is 0. The molecule has 0 unspecified atom stereocenters. The minimum Gasteiger partial charge on any atom is -0.384 e. The van der Waals surface area contributed by atoms with E-state index in [2.05, 4.69) is 21.7 Å². The van der Waals surface area contributed by atoms with Crippen LogP contribution in [0.25, 0.3) is 9.88 Å². The summed E-state index contributed by atoms with van der Waals surface area (Å²) < 4.78 is 5.39. The van der Waals surface area contributed by atoms with Crippen molar-refractivity contribution in [1.29, 1.82) is 0 Å². The Morgan fingerprint density at radius 1 is 1.35 bits per heavy atom. The Balaban J connectivity index is 0.00000169. The number of thiophene rings is 1. The number of hydrogen-bond acceptors (Lipinski definition) is 6. The molecule has 1 saturated heterocycles. The van der Waals surface area contributed by atoms with Gasteiger partial charge in [-0.15, -0.1) is 47.5 Å². The summed E-state index contributed by atoms with van der Waals surface area (Å²) in [5.74, 6) is 0.0343. The number of ether oxygens (including phenoxy) is 1. The lowest BCUT2D eigenvalue weighted by molar-refractivity contribution is -0.121. The summed E-state index contributed by atoms with van der Waals surface area (Å²) in [7, 11) is 1.73. The zero-order chi connectivity index (χ0) is 16.8. The normalized spacial score (nSPS) is 15.6. The Kier molecular flexibility index (Phi) is 10.1. The molecule has 5 nitrogen and oxygen atoms in total. The zero-order valence-electron chi connectivity index (χ0n) is 14.7. The predicted molar refractivity (Wildman–Crippen MR) is 113 cm³/mol. The number of halogens is 2. The third-order valence-corrected chi connectivity index (χ3v) is 6.33. The van der Waals surface area contributed by atoms with Gasteiger partial charge in [-0.1, -0.05) is 6.07 Å². The Hall–Kier alpha value is -0.700. The molecular formula is C17H25Cl2N3O2S2. The van der Waals surface area contributed by atoms with E-state index in [0.29, 0.717) is 19.6 Å². The molecule has 0 bridgehead atoms. The number of rotatable bonds is 7. The number of hydrogen-bond donors (Lipinski definition) is 2. The van der Waals surface area contributed by atoms with Gasteiger partial charge in [-0.2, -0.15) is 0 Å². The Morgan fingerprint density at radius 3 is 2.77 bits per heavy atom. The smallest absolute Gasteiger partial charge is 0.226 e. The second-order valence-electron chi connectivity index (χ2n) is 6.26. The van der Waals surface area contributed by atoms with Crippen LogP contribution in [-0.4, -0.2) is 44.2 Å². The fourth-order valence-electron chi connectivity index (χ4n) is 3.05. The van der Waals surface area contributed by atoms with Gasteiger partial charge in [0, 0.05) is 24.4 Å². The van der Waals surface area contributed by atoms with Gasteiger partial charge in [0.15, 0.2) is 0 Å². The lowest BCUT2D eigenvalue weighted by Crippen LogP contribution is -2.47. The van der Waals surface area contributed by atoms with Crippen molar-refractivity contribution < 1.29 is 9.53 Å². The molecule has 3 rings (SSSR count). The Morgan fingerprint density at radius 2 is 2.12 bits per heavy atom. The van der Waals surface area contributed by atoms with Crippen LogP contribution >= 0.6 is 47.5 Å². The molecule has 3 heterocycles. The van der Waals surface area contributed by atoms with Crippen LogP contribution in [0.3, 0.4) is 0 Å². The van der Waals surface area contributed by atoms with E-state index in [1.54, 1.807) is 29.8 Å². The number of carbonyl (C=O) groups is 1. The molecule has 0 saturated carbocycles. The van der Waals surface area contributed by atoms with Crippen LogP contribution in [0.15, 0.2) is 22.9 Å². The highest BCUT2D eigenvalue weighted by molar-refractivity contribution is 7.20. The van der Waals surface area contributed by atoms with Gasteiger partial charge >= 0.3 is 0 Å². The Labute approximate surface area is 174 Å². The first-order valence-corrected chi connectivity index (χ1v) is 9.91. The number of aromatic nitrogens is 1. The summed E-state index contributed by atoms with van der Waals surface area (Å²) in [6.07, 6.45) is 2.39.